The number of benzene rings is 2. The van der Waals surface area contributed by atoms with Crippen LogP contribution in [-0.4, -0.2) is 31.5 Å². The van der Waals surface area contributed by atoms with E-state index in [1.165, 1.54) is 6.07 Å². The maximum absolute atomic E-state index is 14.1. The molecule has 3 aromatic rings. The monoisotopic (exact) mass is 568 g/mol. The Morgan fingerprint density at radius 3 is 2.40 bits per heavy atom. The van der Waals surface area contributed by atoms with Gasteiger partial charge < -0.3 is 18.6 Å². The Morgan fingerprint density at radius 2 is 1.70 bits per heavy atom. The maximum Gasteiger partial charge on any atom is 0.573 e. The predicted octanol–water partition coefficient (Wildman–Crippen LogP) is 9.03. The summed E-state index contributed by atoms with van der Waals surface area (Å²) in [6.07, 6.45) is -1.11. The van der Waals surface area contributed by atoms with Gasteiger partial charge >= 0.3 is 12.3 Å². The molecule has 0 bridgehead atoms. The summed E-state index contributed by atoms with van der Waals surface area (Å²) in [6.45, 7) is 5.22. The van der Waals surface area contributed by atoms with Crippen molar-refractivity contribution in [2.75, 3.05) is 13.2 Å². The number of furan rings is 1. The Hall–Kier alpha value is -3.56. The average Bonchev–Trinajstić information content (AvgIpc) is 3.31. The van der Waals surface area contributed by atoms with E-state index in [-0.39, 0.29) is 43.1 Å². The van der Waals surface area contributed by atoms with Gasteiger partial charge in [-0.1, -0.05) is 32.4 Å². The molecule has 0 radical (unpaired) electrons. The van der Waals surface area contributed by atoms with E-state index in [1.807, 2.05) is 0 Å². The van der Waals surface area contributed by atoms with Gasteiger partial charge in [0, 0.05) is 30.4 Å². The smallest absolute Gasteiger partial charge is 0.493 e. The van der Waals surface area contributed by atoms with Crippen LogP contribution in [0.5, 0.6) is 11.5 Å². The Kier molecular flexibility index (Phi) is 11.0. The van der Waals surface area contributed by atoms with Crippen LogP contribution in [0.1, 0.15) is 57.4 Å². The molecule has 0 spiro atoms. The second-order valence-corrected chi connectivity index (χ2v) is 9.43. The zero-order valence-electron chi connectivity index (χ0n) is 22.3. The number of alkyl halides is 5. The molecule has 0 amide bonds. The molecular weight excluding hydrogens is 535 g/mol. The molecule has 5 nitrogen and oxygen atoms in total. The third-order valence-corrected chi connectivity index (χ3v) is 6.15. The molecule has 218 valence electrons. The van der Waals surface area contributed by atoms with Gasteiger partial charge in [0.05, 0.1) is 18.8 Å². The molecule has 0 aliphatic carbocycles. The number of fused-ring (bicyclic) bond motifs is 1. The number of carbonyl (C=O) groups excluding carboxylic acids is 1. The van der Waals surface area contributed by atoms with Gasteiger partial charge in [0.25, 0.3) is 0 Å². The SMILES string of the molecule is C=CC(=O)OCCCC(F)(F)CCCOc1ccc2cc(-c3ccc(CCCCC)cc3OC(F)(F)F)oc2c1. The van der Waals surface area contributed by atoms with E-state index in [4.69, 9.17) is 13.9 Å². The van der Waals surface area contributed by atoms with E-state index in [0.717, 1.165) is 30.9 Å². The minimum atomic E-state index is -4.86. The molecular formula is C30H33F5O5. The largest absolute Gasteiger partial charge is 0.573 e. The predicted molar refractivity (Wildman–Crippen MR) is 142 cm³/mol. The number of halogens is 5. The molecule has 0 saturated heterocycles. The summed E-state index contributed by atoms with van der Waals surface area (Å²) >= 11 is 0. The molecule has 0 aliphatic heterocycles. The fourth-order valence-corrected chi connectivity index (χ4v) is 4.16. The highest BCUT2D eigenvalue weighted by Gasteiger charge is 2.33. The number of ether oxygens (including phenoxy) is 3. The summed E-state index contributed by atoms with van der Waals surface area (Å²) in [5.74, 6) is -3.33. The van der Waals surface area contributed by atoms with E-state index in [0.29, 0.717) is 23.1 Å². The first-order chi connectivity index (χ1) is 19.0. The van der Waals surface area contributed by atoms with Crippen molar-refractivity contribution in [1.82, 2.24) is 0 Å². The first kappa shape index (κ1) is 31.0. The summed E-state index contributed by atoms with van der Waals surface area (Å²) in [6, 6.07) is 11.2. The van der Waals surface area contributed by atoms with Crippen molar-refractivity contribution in [3.8, 4) is 22.8 Å². The second kappa shape index (κ2) is 14.2. The zero-order valence-corrected chi connectivity index (χ0v) is 22.3. The van der Waals surface area contributed by atoms with Gasteiger partial charge in [-0.05, 0) is 61.6 Å². The fraction of sp³-hybridized carbons (Fsp3) is 0.433. The Bertz CT molecular complexity index is 1270. The van der Waals surface area contributed by atoms with Crippen LogP contribution >= 0.6 is 0 Å². The van der Waals surface area contributed by atoms with Crippen molar-refractivity contribution in [3.05, 3.63) is 60.7 Å². The summed E-state index contributed by atoms with van der Waals surface area (Å²) in [7, 11) is 0. The average molecular weight is 569 g/mol. The number of rotatable bonds is 16. The Balaban J connectivity index is 1.62. The molecule has 0 N–H and O–H groups in total. The molecule has 0 aliphatic rings. The number of unbranched alkanes of at least 4 members (excludes halogenated alkanes) is 2. The normalized spacial score (nSPS) is 11.9. The van der Waals surface area contributed by atoms with Gasteiger partial charge in [0.15, 0.2) is 0 Å². The van der Waals surface area contributed by atoms with Crippen LogP contribution in [0.4, 0.5) is 22.0 Å². The van der Waals surface area contributed by atoms with Crippen LogP contribution in [0.25, 0.3) is 22.3 Å². The van der Waals surface area contributed by atoms with Crippen molar-refractivity contribution < 1.29 is 45.4 Å². The third-order valence-electron chi connectivity index (χ3n) is 6.15. The molecule has 0 saturated carbocycles. The van der Waals surface area contributed by atoms with Crippen LogP contribution in [0.3, 0.4) is 0 Å². The van der Waals surface area contributed by atoms with Crippen LogP contribution in [0.15, 0.2) is 59.5 Å². The van der Waals surface area contributed by atoms with Gasteiger partial charge in [-0.2, -0.15) is 0 Å². The van der Waals surface area contributed by atoms with Gasteiger partial charge in [0.1, 0.15) is 22.8 Å². The van der Waals surface area contributed by atoms with Gasteiger partial charge in [-0.3, -0.25) is 0 Å². The summed E-state index contributed by atoms with van der Waals surface area (Å²) in [5, 5.41) is 0.635. The molecule has 0 fully saturated rings. The number of hydrogen-bond donors (Lipinski definition) is 0. The Morgan fingerprint density at radius 1 is 0.950 bits per heavy atom. The van der Waals surface area contributed by atoms with Crippen LogP contribution in [0.2, 0.25) is 0 Å². The standard InChI is InChI=1S/C30H33F5O5/c1-3-5-6-9-21-10-13-24(27(18-21)40-30(33,34)35)26-19-22-11-12-23(20-25(22)39-26)37-16-7-14-29(31,32)15-8-17-38-28(36)4-2/h4,10-13,18-20H,2-3,5-9,14-17H2,1H3. The van der Waals surface area contributed by atoms with E-state index in [2.05, 4.69) is 18.2 Å². The summed E-state index contributed by atoms with van der Waals surface area (Å²) < 4.78 is 88.0. The minimum Gasteiger partial charge on any atom is -0.493 e. The topological polar surface area (TPSA) is 57.9 Å². The van der Waals surface area contributed by atoms with Crippen LogP contribution in [-0.2, 0) is 16.0 Å². The first-order valence-electron chi connectivity index (χ1n) is 13.2. The minimum absolute atomic E-state index is 0.0300. The number of esters is 1. The Labute approximate surface area is 229 Å². The lowest BCUT2D eigenvalue weighted by Crippen LogP contribution is -2.18. The van der Waals surface area contributed by atoms with Crippen LogP contribution in [0, 0.1) is 0 Å². The van der Waals surface area contributed by atoms with E-state index in [1.54, 1.807) is 36.4 Å². The van der Waals surface area contributed by atoms with E-state index in [9.17, 15) is 26.7 Å². The van der Waals surface area contributed by atoms with Gasteiger partial charge in [-0.15, -0.1) is 13.2 Å². The van der Waals surface area contributed by atoms with Crippen molar-refractivity contribution in [3.63, 3.8) is 0 Å². The maximum atomic E-state index is 14.1. The van der Waals surface area contributed by atoms with Crippen molar-refractivity contribution in [2.45, 2.75) is 70.6 Å². The van der Waals surface area contributed by atoms with E-state index >= 15 is 0 Å². The molecule has 10 heteroatoms. The lowest BCUT2D eigenvalue weighted by Gasteiger charge is -2.16. The lowest BCUT2D eigenvalue weighted by molar-refractivity contribution is -0.274. The zero-order chi connectivity index (χ0) is 29.2. The molecule has 40 heavy (non-hydrogen) atoms. The molecule has 2 aromatic carbocycles. The molecule has 3 rings (SSSR count). The van der Waals surface area contributed by atoms with Crippen molar-refractivity contribution >= 4 is 16.9 Å². The van der Waals surface area contributed by atoms with Gasteiger partial charge in [-0.25, -0.2) is 13.6 Å². The van der Waals surface area contributed by atoms with Gasteiger partial charge in [0.2, 0.25) is 5.92 Å². The fourth-order valence-electron chi connectivity index (χ4n) is 4.16. The number of carbonyl (C=O) groups is 1. The third kappa shape index (κ3) is 9.88. The summed E-state index contributed by atoms with van der Waals surface area (Å²) in [4.78, 5) is 11.0. The van der Waals surface area contributed by atoms with Crippen LogP contribution < -0.4 is 9.47 Å². The first-order valence-corrected chi connectivity index (χ1v) is 13.2. The molecule has 1 heterocycles. The highest BCUT2D eigenvalue weighted by molar-refractivity contribution is 5.85. The highest BCUT2D eigenvalue weighted by Crippen LogP contribution is 2.38. The van der Waals surface area contributed by atoms with E-state index < -0.39 is 31.1 Å². The molecule has 0 atom stereocenters. The quantitative estimate of drug-likeness (QED) is 0.0747. The number of hydrogen-bond acceptors (Lipinski definition) is 5. The highest BCUT2D eigenvalue weighted by atomic mass is 19.4. The molecule has 0 unspecified atom stereocenters. The van der Waals surface area contributed by atoms with Crippen molar-refractivity contribution in [2.24, 2.45) is 0 Å². The summed E-state index contributed by atoms with van der Waals surface area (Å²) in [5.41, 5.74) is 1.28. The number of aryl methyl sites for hydroxylation is 1. The van der Waals surface area contributed by atoms with Crippen molar-refractivity contribution in [1.29, 1.82) is 0 Å². The molecule has 1 aromatic heterocycles. The lowest BCUT2D eigenvalue weighted by atomic mass is 10.0. The second-order valence-electron chi connectivity index (χ2n) is 9.43.